The highest BCUT2D eigenvalue weighted by Crippen LogP contribution is 2.07. The lowest BCUT2D eigenvalue weighted by atomic mass is 10.1. The van der Waals surface area contributed by atoms with Gasteiger partial charge in [-0.1, -0.05) is 0 Å². The van der Waals surface area contributed by atoms with E-state index in [1.54, 1.807) is 0 Å². The molecule has 1 heterocycles. The van der Waals surface area contributed by atoms with E-state index in [-0.39, 0.29) is 10.8 Å². The molecule has 0 radical (unpaired) electrons. The molecule has 1 fully saturated rings. The van der Waals surface area contributed by atoms with Crippen LogP contribution in [0.2, 0.25) is 0 Å². The van der Waals surface area contributed by atoms with E-state index in [0.29, 0.717) is 16.3 Å². The van der Waals surface area contributed by atoms with Gasteiger partial charge >= 0.3 is 16.3 Å². The van der Waals surface area contributed by atoms with E-state index in [1.807, 2.05) is 4.90 Å². The molecule has 4 heteroatoms. The van der Waals surface area contributed by atoms with Crippen LogP contribution in [0, 0.1) is 0 Å². The van der Waals surface area contributed by atoms with Gasteiger partial charge in [0.2, 0.25) is 0 Å². The molecule has 1 aliphatic rings. The number of nitrogens with two attached hydrogens (primary N) is 1. The molecular weight excluding hydrogens is 143 g/mol. The molecule has 1 atom stereocenters. The van der Waals surface area contributed by atoms with E-state index in [0.717, 1.165) is 25.9 Å². The summed E-state index contributed by atoms with van der Waals surface area (Å²) in [6.07, 6.45) is 2.15. The van der Waals surface area contributed by atoms with E-state index in [2.05, 4.69) is 0 Å². The number of hydrogen-bond donors (Lipinski definition) is 1. The molecule has 0 bridgehead atoms. The second-order valence-electron chi connectivity index (χ2n) is 2.87. The monoisotopic (exact) mass is 156 g/mol. The van der Waals surface area contributed by atoms with Crippen molar-refractivity contribution in [2.75, 3.05) is 13.1 Å². The summed E-state index contributed by atoms with van der Waals surface area (Å²) in [5.41, 5.74) is 5.68. The number of hydrogen-bond acceptors (Lipinski definition) is 2. The predicted molar refractivity (Wildman–Crippen MR) is 42.7 cm³/mol. The van der Waals surface area contributed by atoms with Crippen LogP contribution in [0.25, 0.3) is 0 Å². The minimum absolute atomic E-state index is 0.228. The molecule has 0 aliphatic carbocycles. The maximum absolute atomic E-state index is 10.9. The molecule has 10 heavy (non-hydrogen) atoms. The Morgan fingerprint density at radius 2 is 2.40 bits per heavy atom. The average molecular weight is 156 g/mol. The van der Waals surface area contributed by atoms with Gasteiger partial charge in [-0.15, -0.1) is 0 Å². The minimum Gasteiger partial charge on any atom is -0.358 e. The number of carbonyl (C=O) groups excluding carboxylic acids is 1. The Labute approximate surface area is 69.0 Å². The molecule has 0 aromatic heterocycles. The Balaban J connectivity index is 2.39. The molecule has 1 aliphatic heterocycles. The Kier molecular flexibility index (Phi) is 2.73. The second-order valence-corrected chi connectivity index (χ2v) is 3.72. The van der Waals surface area contributed by atoms with Gasteiger partial charge in [0.25, 0.3) is 0 Å². The first kappa shape index (κ1) is 8.06. The van der Waals surface area contributed by atoms with Gasteiger partial charge in [-0.05, 0) is 12.8 Å². The number of likely N-dealkylation sites (tertiary alicyclic amines) is 1. The molecule has 56 valence electrons. The number of amides is 1. The summed E-state index contributed by atoms with van der Waals surface area (Å²) in [7, 11) is 0. The molecule has 1 unspecified atom stereocenters. The van der Waals surface area contributed by atoms with Gasteiger partial charge < -0.3 is 10.6 Å². The summed E-state index contributed by atoms with van der Waals surface area (Å²) in [4.78, 5) is 12.8. The smallest absolute Gasteiger partial charge is 0.355 e. The van der Waals surface area contributed by atoms with Crippen LogP contribution < -0.4 is 5.73 Å². The fourth-order valence-electron chi connectivity index (χ4n) is 1.30. The number of carbonyl (C=O) groups is 1. The number of rotatable bonds is 0. The van der Waals surface area contributed by atoms with Crippen molar-refractivity contribution in [1.29, 1.82) is 0 Å². The van der Waals surface area contributed by atoms with Crippen LogP contribution in [0.4, 0.5) is 4.79 Å². The van der Waals surface area contributed by atoms with Crippen molar-refractivity contribution >= 4 is 21.1 Å². The normalized spacial score (nSPS) is 26.5. The third kappa shape index (κ3) is 1.98. The molecule has 2 N–H and O–H groups in total. The molecule has 0 aromatic carbocycles. The minimum atomic E-state index is 0.228. The summed E-state index contributed by atoms with van der Waals surface area (Å²) in [5, 5.41) is 0. The topological polar surface area (TPSA) is 46.3 Å². The zero-order valence-electron chi connectivity index (χ0n) is 6.34. The Morgan fingerprint density at radius 1 is 1.70 bits per heavy atom. The van der Waals surface area contributed by atoms with Crippen LogP contribution in [-0.2, 0) is 0 Å². The third-order valence-corrected chi connectivity index (χ3v) is 2.54. The van der Waals surface area contributed by atoms with Crippen molar-refractivity contribution in [3.8, 4) is 0 Å². The van der Waals surface area contributed by atoms with Crippen molar-refractivity contribution in [3.63, 3.8) is 0 Å². The molecule has 3 nitrogen and oxygen atoms in total. The lowest BCUT2D eigenvalue weighted by Crippen LogP contribution is -2.45. The van der Waals surface area contributed by atoms with Gasteiger partial charge in [0, 0.05) is 19.1 Å². The van der Waals surface area contributed by atoms with E-state index in [9.17, 15) is 4.79 Å². The van der Waals surface area contributed by atoms with Crippen LogP contribution >= 0.6 is 0 Å². The van der Waals surface area contributed by atoms with Crippen molar-refractivity contribution in [2.45, 2.75) is 18.9 Å². The Bertz CT molecular complexity index is 140. The van der Waals surface area contributed by atoms with Crippen LogP contribution in [0.5, 0.6) is 0 Å². The number of piperidine rings is 1. The summed E-state index contributed by atoms with van der Waals surface area (Å²) >= 11 is 0.633. The Hall–Kier alpha value is -0.0375. The summed E-state index contributed by atoms with van der Waals surface area (Å²) in [6.45, 7) is 1.71. The predicted octanol–water partition coefficient (Wildman–Crippen LogP) is -0.837. The Morgan fingerprint density at radius 3 is 2.80 bits per heavy atom. The largest absolute Gasteiger partial charge is 0.358 e. The van der Waals surface area contributed by atoms with Crippen LogP contribution in [0.15, 0.2) is 0 Å². The highest BCUT2D eigenvalue weighted by atomic mass is 27.0. The van der Waals surface area contributed by atoms with Crippen molar-refractivity contribution in [3.05, 3.63) is 0 Å². The lowest BCUT2D eigenvalue weighted by Gasteiger charge is -2.30. The van der Waals surface area contributed by atoms with Crippen LogP contribution in [0.1, 0.15) is 12.8 Å². The van der Waals surface area contributed by atoms with Gasteiger partial charge in [0.05, 0.1) is 0 Å². The summed E-state index contributed by atoms with van der Waals surface area (Å²) in [6, 6.07) is 0.228. The lowest BCUT2D eigenvalue weighted by molar-refractivity contribution is 0.203. The van der Waals surface area contributed by atoms with Crippen molar-refractivity contribution in [1.82, 2.24) is 4.90 Å². The summed E-state index contributed by atoms with van der Waals surface area (Å²) < 4.78 is 0.287. The van der Waals surface area contributed by atoms with E-state index >= 15 is 0 Å². The van der Waals surface area contributed by atoms with Crippen molar-refractivity contribution in [2.24, 2.45) is 5.73 Å². The second kappa shape index (κ2) is 3.38. The van der Waals surface area contributed by atoms with Gasteiger partial charge in [0.1, 0.15) is 4.77 Å². The molecule has 1 saturated heterocycles. The van der Waals surface area contributed by atoms with Crippen molar-refractivity contribution < 1.29 is 4.79 Å². The molecule has 0 spiro atoms. The van der Waals surface area contributed by atoms with E-state index < -0.39 is 0 Å². The third-order valence-electron chi connectivity index (χ3n) is 1.90. The van der Waals surface area contributed by atoms with E-state index in [1.165, 1.54) is 0 Å². The standard InChI is InChI=1S/C6H11N2O.Al.2H/c7-6-2-1-3-8(4-6)5-9;;;/h6H,1-4,7H2;;;. The molecule has 1 rings (SSSR count). The maximum Gasteiger partial charge on any atom is 0.355 e. The maximum atomic E-state index is 10.9. The zero-order chi connectivity index (χ0) is 7.56. The first-order valence-corrected chi connectivity index (χ1v) is 4.71. The number of nitrogens with zero attached hydrogens (tertiary/aromatic N) is 1. The molecule has 0 aromatic rings. The van der Waals surface area contributed by atoms with E-state index in [4.69, 9.17) is 5.73 Å². The highest BCUT2D eigenvalue weighted by molar-refractivity contribution is 6.56. The molecular formula is C6H13AlN2O. The highest BCUT2D eigenvalue weighted by Gasteiger charge is 2.17. The molecule has 1 amide bonds. The first-order chi connectivity index (χ1) is 4.70. The summed E-state index contributed by atoms with van der Waals surface area (Å²) in [5.74, 6) is 0. The van der Waals surface area contributed by atoms with Gasteiger partial charge in [-0.2, -0.15) is 0 Å². The van der Waals surface area contributed by atoms with Gasteiger partial charge in [-0.3, -0.25) is 4.79 Å². The van der Waals surface area contributed by atoms with Gasteiger partial charge in [0.15, 0.2) is 0 Å². The first-order valence-electron chi connectivity index (χ1n) is 3.71. The fraction of sp³-hybridized carbons (Fsp3) is 0.833. The van der Waals surface area contributed by atoms with Gasteiger partial charge in [-0.25, -0.2) is 0 Å². The average Bonchev–Trinajstić information content (AvgIpc) is 1.88. The quantitative estimate of drug-likeness (QED) is 0.465. The SMILES string of the molecule is NC1CCCN([C](=O)[AlH2])C1. The molecule has 0 saturated carbocycles. The van der Waals surface area contributed by atoms with Crippen LogP contribution in [-0.4, -0.2) is 45.1 Å². The fourth-order valence-corrected chi connectivity index (χ4v) is 1.70. The van der Waals surface area contributed by atoms with Crippen LogP contribution in [0.3, 0.4) is 0 Å². The zero-order valence-corrected chi connectivity index (χ0v) is 8.34.